The van der Waals surface area contributed by atoms with E-state index in [0.717, 1.165) is 0 Å². The summed E-state index contributed by atoms with van der Waals surface area (Å²) >= 11 is 0. The Labute approximate surface area is 152 Å². The molecule has 0 heterocycles. The number of nitrogens with one attached hydrogen (secondary N) is 2. The van der Waals surface area contributed by atoms with Gasteiger partial charge in [-0.05, 0) is 48.9 Å². The minimum Gasteiger partial charge on any atom is -0.399 e. The molecule has 8 N–H and O–H groups in total. The van der Waals surface area contributed by atoms with Crippen LogP contribution in [0.3, 0.4) is 0 Å². The third-order valence-corrected chi connectivity index (χ3v) is 6.24. The van der Waals surface area contributed by atoms with E-state index in [2.05, 4.69) is 9.44 Å². The van der Waals surface area contributed by atoms with Crippen LogP contribution in [0.4, 0.5) is 17.1 Å². The number of aryl methyl sites for hydroxylation is 1. The second-order valence-corrected chi connectivity index (χ2v) is 9.24. The van der Waals surface area contributed by atoms with Crippen molar-refractivity contribution < 1.29 is 16.8 Å². The van der Waals surface area contributed by atoms with E-state index < -0.39 is 20.0 Å². The van der Waals surface area contributed by atoms with Crippen LogP contribution in [0.2, 0.25) is 0 Å². The zero-order valence-corrected chi connectivity index (χ0v) is 15.7. The third-order valence-electron chi connectivity index (χ3n) is 3.35. The highest BCUT2D eigenvalue weighted by Crippen LogP contribution is 2.18. The summed E-state index contributed by atoms with van der Waals surface area (Å²) in [5.41, 5.74) is 18.3. The molecular formula is C15H21N5O4S2. The van der Waals surface area contributed by atoms with Crippen molar-refractivity contribution in [3.05, 3.63) is 42.0 Å². The number of nitrogen functional groups attached to an aromatic ring is 3. The third kappa shape index (κ3) is 5.08. The Balaban J connectivity index is 2.01. The molecule has 0 aromatic heterocycles. The van der Waals surface area contributed by atoms with Crippen molar-refractivity contribution in [2.75, 3.05) is 30.3 Å². The van der Waals surface area contributed by atoms with E-state index in [0.29, 0.717) is 11.3 Å². The van der Waals surface area contributed by atoms with Crippen LogP contribution in [0.25, 0.3) is 0 Å². The van der Waals surface area contributed by atoms with Gasteiger partial charge in [-0.25, -0.2) is 26.3 Å². The lowest BCUT2D eigenvalue weighted by Crippen LogP contribution is -2.34. The standard InChI is InChI=1S/C15H21N5O4S2/c1-10-4-11(16)7-14(5-10)25(21,22)19-2-3-20-26(23,24)15-8-12(17)6-13(18)9-15/h4-9,19-20H,2-3,16-18H2,1H3. The molecule has 0 aliphatic heterocycles. The van der Waals surface area contributed by atoms with Crippen LogP contribution in [-0.4, -0.2) is 29.9 Å². The summed E-state index contributed by atoms with van der Waals surface area (Å²) < 4.78 is 53.5. The lowest BCUT2D eigenvalue weighted by atomic mass is 10.2. The van der Waals surface area contributed by atoms with Gasteiger partial charge in [0.1, 0.15) is 0 Å². The molecule has 26 heavy (non-hydrogen) atoms. The monoisotopic (exact) mass is 399 g/mol. The summed E-state index contributed by atoms with van der Waals surface area (Å²) in [6.45, 7) is 1.42. The highest BCUT2D eigenvalue weighted by atomic mass is 32.2. The maximum atomic E-state index is 12.2. The molecule has 0 bridgehead atoms. The van der Waals surface area contributed by atoms with Crippen LogP contribution < -0.4 is 26.6 Å². The minimum atomic E-state index is -3.87. The Morgan fingerprint density at radius 3 is 1.50 bits per heavy atom. The smallest absolute Gasteiger partial charge is 0.240 e. The Kier molecular flexibility index (Phi) is 5.76. The van der Waals surface area contributed by atoms with E-state index in [4.69, 9.17) is 17.2 Å². The highest BCUT2D eigenvalue weighted by molar-refractivity contribution is 7.90. The quantitative estimate of drug-likeness (QED) is 0.322. The van der Waals surface area contributed by atoms with E-state index in [9.17, 15) is 16.8 Å². The average molecular weight is 399 g/mol. The SMILES string of the molecule is Cc1cc(N)cc(S(=O)(=O)NCCNS(=O)(=O)c2cc(N)cc(N)c2)c1. The first kappa shape index (κ1) is 20.0. The maximum Gasteiger partial charge on any atom is 0.240 e. The van der Waals surface area contributed by atoms with Gasteiger partial charge in [0.05, 0.1) is 9.79 Å². The van der Waals surface area contributed by atoms with Crippen molar-refractivity contribution in [3.8, 4) is 0 Å². The van der Waals surface area contributed by atoms with Gasteiger partial charge in [-0.2, -0.15) is 0 Å². The molecule has 0 fully saturated rings. The van der Waals surface area contributed by atoms with Crippen molar-refractivity contribution in [1.29, 1.82) is 0 Å². The zero-order chi connectivity index (χ0) is 19.5. The molecule has 2 aromatic rings. The summed E-state index contributed by atoms with van der Waals surface area (Å²) in [6, 6.07) is 8.40. The predicted octanol–water partition coefficient (Wildman–Crippen LogP) is -0.00158. The summed E-state index contributed by atoms with van der Waals surface area (Å²) in [5, 5.41) is 0. The van der Waals surface area contributed by atoms with E-state index in [1.807, 2.05) is 0 Å². The number of benzene rings is 2. The number of hydrogen-bond acceptors (Lipinski definition) is 7. The van der Waals surface area contributed by atoms with Gasteiger partial charge in [-0.3, -0.25) is 0 Å². The fourth-order valence-corrected chi connectivity index (χ4v) is 4.56. The van der Waals surface area contributed by atoms with E-state index in [1.165, 1.54) is 30.3 Å². The lowest BCUT2D eigenvalue weighted by Gasteiger charge is -2.10. The van der Waals surface area contributed by atoms with Crippen LogP contribution in [0.1, 0.15) is 5.56 Å². The second-order valence-electron chi connectivity index (χ2n) is 5.71. The fraction of sp³-hybridized carbons (Fsp3) is 0.200. The second kappa shape index (κ2) is 7.50. The van der Waals surface area contributed by atoms with Gasteiger partial charge in [0.25, 0.3) is 0 Å². The van der Waals surface area contributed by atoms with Crippen molar-refractivity contribution in [2.45, 2.75) is 16.7 Å². The minimum absolute atomic E-state index is 0.0152. The number of hydrogen-bond donors (Lipinski definition) is 5. The van der Waals surface area contributed by atoms with Gasteiger partial charge < -0.3 is 17.2 Å². The maximum absolute atomic E-state index is 12.2. The number of anilines is 3. The Morgan fingerprint density at radius 1 is 0.692 bits per heavy atom. The normalized spacial score (nSPS) is 12.2. The van der Waals surface area contributed by atoms with E-state index in [1.54, 1.807) is 13.0 Å². The van der Waals surface area contributed by atoms with Gasteiger partial charge in [-0.15, -0.1) is 0 Å². The molecule has 0 unspecified atom stereocenters. The van der Waals surface area contributed by atoms with Crippen LogP contribution in [0.15, 0.2) is 46.2 Å². The lowest BCUT2D eigenvalue weighted by molar-refractivity contribution is 0.570. The average Bonchev–Trinajstić information content (AvgIpc) is 2.50. The molecule has 11 heteroatoms. The Bertz CT molecular complexity index is 896. The van der Waals surface area contributed by atoms with Gasteiger partial charge in [0, 0.05) is 30.2 Å². The van der Waals surface area contributed by atoms with Crippen LogP contribution in [0.5, 0.6) is 0 Å². The molecule has 9 nitrogen and oxygen atoms in total. The molecule has 0 spiro atoms. The first-order chi connectivity index (χ1) is 12.0. The zero-order valence-electron chi connectivity index (χ0n) is 14.1. The molecule has 2 rings (SSSR count). The Hall–Kier alpha value is -2.34. The van der Waals surface area contributed by atoms with Crippen LogP contribution in [0, 0.1) is 6.92 Å². The predicted molar refractivity (Wildman–Crippen MR) is 101 cm³/mol. The van der Waals surface area contributed by atoms with Gasteiger partial charge in [-0.1, -0.05) is 0 Å². The van der Waals surface area contributed by atoms with Crippen molar-refractivity contribution in [3.63, 3.8) is 0 Å². The number of rotatable bonds is 7. The number of nitrogens with two attached hydrogens (primary N) is 3. The molecule has 142 valence electrons. The largest absolute Gasteiger partial charge is 0.399 e. The molecule has 2 aromatic carbocycles. The molecule has 0 atom stereocenters. The van der Waals surface area contributed by atoms with E-state index >= 15 is 0 Å². The summed E-state index contributed by atoms with van der Waals surface area (Å²) in [7, 11) is -7.67. The van der Waals surface area contributed by atoms with Crippen molar-refractivity contribution >= 4 is 37.1 Å². The first-order valence-corrected chi connectivity index (χ1v) is 10.5. The van der Waals surface area contributed by atoms with Gasteiger partial charge in [0.15, 0.2) is 0 Å². The first-order valence-electron chi connectivity index (χ1n) is 7.52. The molecule has 0 aliphatic rings. The Morgan fingerprint density at radius 2 is 1.08 bits per heavy atom. The summed E-state index contributed by atoms with van der Waals surface area (Å²) in [4.78, 5) is -0.0780. The molecule has 0 saturated heterocycles. The molecule has 0 saturated carbocycles. The summed E-state index contributed by atoms with van der Waals surface area (Å²) in [5.74, 6) is 0. The van der Waals surface area contributed by atoms with Crippen molar-refractivity contribution in [1.82, 2.24) is 9.44 Å². The molecule has 0 radical (unpaired) electrons. The highest BCUT2D eigenvalue weighted by Gasteiger charge is 2.17. The fourth-order valence-electron chi connectivity index (χ4n) is 2.27. The number of sulfonamides is 2. The van der Waals surface area contributed by atoms with Crippen LogP contribution in [-0.2, 0) is 20.0 Å². The molecule has 0 amide bonds. The van der Waals surface area contributed by atoms with Crippen molar-refractivity contribution in [2.24, 2.45) is 0 Å². The van der Waals surface area contributed by atoms with Gasteiger partial charge >= 0.3 is 0 Å². The van der Waals surface area contributed by atoms with Gasteiger partial charge in [0.2, 0.25) is 20.0 Å². The molecular weight excluding hydrogens is 378 g/mol. The topological polar surface area (TPSA) is 170 Å². The van der Waals surface area contributed by atoms with E-state index in [-0.39, 0.29) is 34.3 Å². The van der Waals surface area contributed by atoms with Crippen LogP contribution >= 0.6 is 0 Å². The summed E-state index contributed by atoms with van der Waals surface area (Å²) in [6.07, 6.45) is 0. The molecule has 0 aliphatic carbocycles.